The fraction of sp³-hybridized carbons (Fsp3) is 0.462. The van der Waals surface area contributed by atoms with E-state index in [1.165, 1.54) is 0 Å². The lowest BCUT2D eigenvalue weighted by molar-refractivity contribution is 0.0288. The molecule has 1 amide bonds. The van der Waals surface area contributed by atoms with Gasteiger partial charge in [0.2, 0.25) is 5.91 Å². The van der Waals surface area contributed by atoms with Crippen molar-refractivity contribution in [1.82, 2.24) is 5.32 Å². The van der Waals surface area contributed by atoms with Crippen LogP contribution in [-0.2, 0) is 16.0 Å². The summed E-state index contributed by atoms with van der Waals surface area (Å²) < 4.78 is 10.3. The van der Waals surface area contributed by atoms with Gasteiger partial charge >= 0.3 is 0 Å². The van der Waals surface area contributed by atoms with Crippen LogP contribution in [0.15, 0.2) is 24.3 Å². The number of hydrogen-bond donors (Lipinski definition) is 2. The van der Waals surface area contributed by atoms with E-state index >= 15 is 0 Å². The average Bonchev–Trinajstić information content (AvgIpc) is 2.38. The van der Waals surface area contributed by atoms with Crippen LogP contribution >= 0.6 is 0 Å². The number of rotatable bonds is 8. The first kappa shape index (κ1) is 14.6. The molecule has 0 aliphatic rings. The van der Waals surface area contributed by atoms with Crippen LogP contribution in [0.2, 0.25) is 0 Å². The molecule has 0 spiro atoms. The number of nitrogens with two attached hydrogens (primary N) is 1. The van der Waals surface area contributed by atoms with E-state index in [0.29, 0.717) is 25.3 Å². The fourth-order valence-electron chi connectivity index (χ4n) is 1.56. The van der Waals surface area contributed by atoms with E-state index in [-0.39, 0.29) is 6.10 Å². The molecule has 1 unspecified atom stereocenters. The molecule has 1 aromatic rings. The van der Waals surface area contributed by atoms with Crippen molar-refractivity contribution < 1.29 is 14.3 Å². The lowest BCUT2D eigenvalue weighted by Gasteiger charge is -2.15. The molecule has 0 saturated heterocycles. The van der Waals surface area contributed by atoms with Crippen molar-refractivity contribution in [1.29, 1.82) is 0 Å². The van der Waals surface area contributed by atoms with Crippen molar-refractivity contribution in [2.45, 2.75) is 12.6 Å². The maximum Gasteiger partial charge on any atom is 0.248 e. The third-order valence-corrected chi connectivity index (χ3v) is 2.63. The van der Waals surface area contributed by atoms with Crippen LogP contribution in [0.4, 0.5) is 0 Å². The first-order valence-corrected chi connectivity index (χ1v) is 5.78. The molecule has 5 heteroatoms. The third kappa shape index (κ3) is 4.83. The monoisotopic (exact) mass is 252 g/mol. The van der Waals surface area contributed by atoms with Crippen molar-refractivity contribution in [3.8, 4) is 0 Å². The summed E-state index contributed by atoms with van der Waals surface area (Å²) in [7, 11) is 3.31. The zero-order valence-corrected chi connectivity index (χ0v) is 10.8. The molecule has 0 heterocycles. The Kier molecular flexibility index (Phi) is 6.35. The third-order valence-electron chi connectivity index (χ3n) is 2.63. The number of carbonyl (C=O) groups excluding carboxylic acids is 1. The Bertz CT molecular complexity index is 365. The molecular weight excluding hydrogens is 232 g/mol. The van der Waals surface area contributed by atoms with E-state index in [4.69, 9.17) is 15.2 Å². The first-order chi connectivity index (χ1) is 8.67. The lowest BCUT2D eigenvalue weighted by atomic mass is 10.1. The summed E-state index contributed by atoms with van der Waals surface area (Å²) in [5.41, 5.74) is 6.78. The average molecular weight is 252 g/mol. The first-order valence-electron chi connectivity index (χ1n) is 5.78. The van der Waals surface area contributed by atoms with E-state index in [1.807, 2.05) is 12.1 Å². The van der Waals surface area contributed by atoms with E-state index in [1.54, 1.807) is 26.4 Å². The van der Waals surface area contributed by atoms with Crippen molar-refractivity contribution in [2.75, 3.05) is 27.4 Å². The van der Waals surface area contributed by atoms with E-state index < -0.39 is 5.91 Å². The van der Waals surface area contributed by atoms with Gasteiger partial charge in [0.05, 0.1) is 12.7 Å². The number of benzene rings is 1. The maximum atomic E-state index is 10.9. The van der Waals surface area contributed by atoms with Gasteiger partial charge in [0, 0.05) is 32.9 Å². The Morgan fingerprint density at radius 2 is 2.00 bits per heavy atom. The SMILES string of the molecule is COCC(CNCc1ccc(C(N)=O)cc1)OC. The van der Waals surface area contributed by atoms with Crippen LogP contribution in [0.5, 0.6) is 0 Å². The summed E-state index contributed by atoms with van der Waals surface area (Å²) in [6.45, 7) is 1.98. The van der Waals surface area contributed by atoms with Gasteiger partial charge in [0.1, 0.15) is 0 Å². The highest BCUT2D eigenvalue weighted by Crippen LogP contribution is 2.03. The standard InChI is InChI=1S/C13H20N2O3/c1-17-9-12(18-2)8-15-7-10-3-5-11(6-4-10)13(14)16/h3-6,12,15H,7-9H2,1-2H3,(H2,14,16). The van der Waals surface area contributed by atoms with Gasteiger partial charge in [0.15, 0.2) is 0 Å². The molecule has 3 N–H and O–H groups in total. The molecule has 0 aromatic heterocycles. The Morgan fingerprint density at radius 1 is 1.33 bits per heavy atom. The summed E-state index contributed by atoms with van der Waals surface area (Å²) >= 11 is 0. The molecule has 1 aromatic carbocycles. The fourth-order valence-corrected chi connectivity index (χ4v) is 1.56. The maximum absolute atomic E-state index is 10.9. The largest absolute Gasteiger partial charge is 0.382 e. The molecule has 0 bridgehead atoms. The Balaban J connectivity index is 2.37. The molecular formula is C13H20N2O3. The predicted molar refractivity (Wildman–Crippen MR) is 69.3 cm³/mol. The van der Waals surface area contributed by atoms with E-state index in [9.17, 15) is 4.79 Å². The quantitative estimate of drug-likeness (QED) is 0.708. The summed E-state index contributed by atoms with van der Waals surface area (Å²) in [6, 6.07) is 7.21. The molecule has 0 saturated carbocycles. The van der Waals surface area contributed by atoms with Gasteiger partial charge in [-0.05, 0) is 17.7 Å². The highest BCUT2D eigenvalue weighted by atomic mass is 16.5. The van der Waals surface area contributed by atoms with Crippen LogP contribution in [0.3, 0.4) is 0 Å². The molecule has 100 valence electrons. The number of methoxy groups -OCH3 is 2. The minimum Gasteiger partial charge on any atom is -0.382 e. The van der Waals surface area contributed by atoms with Crippen LogP contribution in [0.1, 0.15) is 15.9 Å². The topological polar surface area (TPSA) is 73.6 Å². The van der Waals surface area contributed by atoms with E-state index in [0.717, 1.165) is 5.56 Å². The van der Waals surface area contributed by atoms with Crippen LogP contribution < -0.4 is 11.1 Å². The zero-order chi connectivity index (χ0) is 13.4. The number of nitrogens with one attached hydrogen (secondary N) is 1. The molecule has 0 radical (unpaired) electrons. The molecule has 1 atom stereocenters. The molecule has 0 aliphatic heterocycles. The minimum absolute atomic E-state index is 0.0416. The lowest BCUT2D eigenvalue weighted by Crippen LogP contribution is -2.31. The summed E-state index contributed by atoms with van der Waals surface area (Å²) in [5.74, 6) is -0.408. The van der Waals surface area contributed by atoms with Gasteiger partial charge in [-0.15, -0.1) is 0 Å². The van der Waals surface area contributed by atoms with Gasteiger partial charge in [-0.1, -0.05) is 12.1 Å². The van der Waals surface area contributed by atoms with Crippen LogP contribution in [0.25, 0.3) is 0 Å². The van der Waals surface area contributed by atoms with Crippen LogP contribution in [0, 0.1) is 0 Å². The Morgan fingerprint density at radius 3 is 2.50 bits per heavy atom. The van der Waals surface area contributed by atoms with Gasteiger partial charge in [0.25, 0.3) is 0 Å². The zero-order valence-electron chi connectivity index (χ0n) is 10.8. The van der Waals surface area contributed by atoms with E-state index in [2.05, 4.69) is 5.32 Å². The Hall–Kier alpha value is -1.43. The Labute approximate surface area is 107 Å². The van der Waals surface area contributed by atoms with Crippen molar-refractivity contribution >= 4 is 5.91 Å². The van der Waals surface area contributed by atoms with Gasteiger partial charge in [-0.25, -0.2) is 0 Å². The summed E-state index contributed by atoms with van der Waals surface area (Å²) in [6.07, 6.45) is 0.0416. The number of primary amides is 1. The van der Waals surface area contributed by atoms with Crippen molar-refractivity contribution in [2.24, 2.45) is 5.73 Å². The molecule has 0 aliphatic carbocycles. The van der Waals surface area contributed by atoms with Gasteiger partial charge in [-0.3, -0.25) is 4.79 Å². The number of hydrogen-bond acceptors (Lipinski definition) is 4. The molecule has 18 heavy (non-hydrogen) atoms. The normalized spacial score (nSPS) is 12.3. The molecule has 1 rings (SSSR count). The van der Waals surface area contributed by atoms with Gasteiger partial charge in [-0.2, -0.15) is 0 Å². The van der Waals surface area contributed by atoms with Gasteiger partial charge < -0.3 is 20.5 Å². The second-order valence-electron chi connectivity index (χ2n) is 4.01. The van der Waals surface area contributed by atoms with Crippen molar-refractivity contribution in [3.05, 3.63) is 35.4 Å². The highest BCUT2D eigenvalue weighted by molar-refractivity contribution is 5.92. The number of ether oxygens (including phenoxy) is 2. The molecule has 5 nitrogen and oxygen atoms in total. The summed E-state index contributed by atoms with van der Waals surface area (Å²) in [5, 5.41) is 3.27. The highest BCUT2D eigenvalue weighted by Gasteiger charge is 2.06. The predicted octanol–water partition coefficient (Wildman–Crippen LogP) is 0.537. The minimum atomic E-state index is -0.408. The van der Waals surface area contributed by atoms with Crippen molar-refractivity contribution in [3.63, 3.8) is 0 Å². The smallest absolute Gasteiger partial charge is 0.248 e. The molecule has 0 fully saturated rings. The second-order valence-corrected chi connectivity index (χ2v) is 4.01. The number of carbonyl (C=O) groups is 1. The second kappa shape index (κ2) is 7.81. The number of amides is 1. The summed E-state index contributed by atoms with van der Waals surface area (Å²) in [4.78, 5) is 10.9. The van der Waals surface area contributed by atoms with Crippen LogP contribution in [-0.4, -0.2) is 39.4 Å².